The summed E-state index contributed by atoms with van der Waals surface area (Å²) in [4.78, 5) is 9.47. The second-order valence-corrected chi connectivity index (χ2v) is 14.2. The van der Waals surface area contributed by atoms with Gasteiger partial charge < -0.3 is 14.4 Å². The standard InChI is InChI=1S/C49H34BN3O2/c1-4-17-33(18-5-1)52(34-19-6-2-7-20-34)40-31-44-47(38-25-12-10-23-36(38)40)50-48-39-26-13-11-24-37(39)41(32-45(48)55-43-28-16-27-42(54-44)49(43)50)53(35-21-8-3-9-22-35)46-29-14-15-30-51-46/h1-32,37,39H. The normalized spacial score (nSPS) is 17.2. The fourth-order valence-electron chi connectivity index (χ4n) is 8.96. The van der Waals surface area contributed by atoms with Gasteiger partial charge in [-0.25, -0.2) is 4.98 Å². The van der Waals surface area contributed by atoms with E-state index in [4.69, 9.17) is 14.5 Å². The van der Waals surface area contributed by atoms with E-state index in [0.717, 1.165) is 73.5 Å². The largest absolute Gasteiger partial charge is 0.459 e. The number of rotatable bonds is 6. The van der Waals surface area contributed by atoms with E-state index in [1.54, 1.807) is 0 Å². The third-order valence-electron chi connectivity index (χ3n) is 11.2. The Morgan fingerprint density at radius 1 is 0.509 bits per heavy atom. The van der Waals surface area contributed by atoms with Crippen LogP contribution in [0.4, 0.5) is 28.6 Å². The lowest BCUT2D eigenvalue weighted by Crippen LogP contribution is -2.54. The second-order valence-electron chi connectivity index (χ2n) is 14.2. The van der Waals surface area contributed by atoms with Crippen LogP contribution in [-0.2, 0) is 0 Å². The minimum Gasteiger partial charge on any atom is -0.459 e. The zero-order valence-electron chi connectivity index (χ0n) is 29.9. The minimum atomic E-state index is -0.0963. The number of hydrogen-bond donors (Lipinski definition) is 0. The maximum Gasteiger partial charge on any atom is 0.257 e. The average molecular weight is 708 g/mol. The predicted octanol–water partition coefficient (Wildman–Crippen LogP) is 10.7. The lowest BCUT2D eigenvalue weighted by atomic mass is 9.31. The summed E-state index contributed by atoms with van der Waals surface area (Å²) in [7, 11) is 0. The van der Waals surface area contributed by atoms with Crippen molar-refractivity contribution in [3.05, 3.63) is 211 Å². The van der Waals surface area contributed by atoms with Gasteiger partial charge in [0.2, 0.25) is 0 Å². The number of hydrogen-bond acceptors (Lipinski definition) is 5. The molecule has 0 amide bonds. The molecule has 11 rings (SSSR count). The smallest absolute Gasteiger partial charge is 0.257 e. The maximum absolute atomic E-state index is 7.00. The van der Waals surface area contributed by atoms with Gasteiger partial charge in [0.05, 0.1) is 5.69 Å². The van der Waals surface area contributed by atoms with Crippen molar-refractivity contribution >= 4 is 57.0 Å². The molecule has 0 N–H and O–H groups in total. The van der Waals surface area contributed by atoms with Crippen LogP contribution in [-0.4, -0.2) is 11.7 Å². The fraction of sp³-hybridized carbons (Fsp3) is 0.0408. The van der Waals surface area contributed by atoms with Crippen LogP contribution in [0.2, 0.25) is 0 Å². The Morgan fingerprint density at radius 2 is 1.11 bits per heavy atom. The van der Waals surface area contributed by atoms with Crippen LogP contribution in [0, 0.1) is 11.8 Å². The molecule has 2 unspecified atom stereocenters. The van der Waals surface area contributed by atoms with Gasteiger partial charge in [-0.1, -0.05) is 115 Å². The summed E-state index contributed by atoms with van der Waals surface area (Å²) in [5.74, 6) is 4.30. The van der Waals surface area contributed by atoms with Gasteiger partial charge in [-0.2, -0.15) is 0 Å². The van der Waals surface area contributed by atoms with Gasteiger partial charge in [-0.15, -0.1) is 0 Å². The van der Waals surface area contributed by atoms with Crippen molar-refractivity contribution in [1.29, 1.82) is 0 Å². The molecule has 2 aliphatic carbocycles. The highest BCUT2D eigenvalue weighted by Crippen LogP contribution is 2.50. The first kappa shape index (κ1) is 31.5. The first-order valence-electron chi connectivity index (χ1n) is 18.8. The first-order valence-corrected chi connectivity index (χ1v) is 18.8. The quantitative estimate of drug-likeness (QED) is 0.161. The van der Waals surface area contributed by atoms with Crippen LogP contribution in [0.5, 0.6) is 17.2 Å². The number of allylic oxidation sites excluding steroid dienone is 6. The molecule has 0 radical (unpaired) electrons. The number of para-hydroxylation sites is 3. The molecule has 260 valence electrons. The summed E-state index contributed by atoms with van der Waals surface area (Å²) in [6.45, 7) is -0.0963. The molecule has 7 aromatic rings. The van der Waals surface area contributed by atoms with Gasteiger partial charge in [0, 0.05) is 63.8 Å². The highest BCUT2D eigenvalue weighted by Gasteiger charge is 2.48. The Bertz CT molecular complexity index is 2650. The van der Waals surface area contributed by atoms with Crippen molar-refractivity contribution in [3.63, 3.8) is 0 Å². The Labute approximate surface area is 320 Å². The topological polar surface area (TPSA) is 37.8 Å². The Morgan fingerprint density at radius 3 is 1.78 bits per heavy atom. The van der Waals surface area contributed by atoms with Gasteiger partial charge in [0.1, 0.15) is 28.8 Å². The number of pyridine rings is 1. The SMILES string of the molecule is C1=CC2C(N(c3ccccc3)c3ccccn3)=CC3=C(B4c5c(cccc5Oc5cc(N(c6ccccc6)c6ccccc6)c6ccccc6c54)O3)C2C=C1. The maximum atomic E-state index is 7.00. The van der Waals surface area contributed by atoms with Crippen LogP contribution >= 0.6 is 0 Å². The van der Waals surface area contributed by atoms with Gasteiger partial charge in [-0.3, -0.25) is 4.90 Å². The van der Waals surface area contributed by atoms with E-state index in [1.165, 1.54) is 10.9 Å². The van der Waals surface area contributed by atoms with E-state index < -0.39 is 0 Å². The highest BCUT2D eigenvalue weighted by atomic mass is 16.5. The van der Waals surface area contributed by atoms with Gasteiger partial charge in [0.25, 0.3) is 6.71 Å². The summed E-state index contributed by atoms with van der Waals surface area (Å²) < 4.78 is 14.0. The van der Waals surface area contributed by atoms with E-state index >= 15 is 0 Å². The zero-order valence-corrected chi connectivity index (χ0v) is 29.9. The first-order chi connectivity index (χ1) is 27.3. The number of fused-ring (bicyclic) bond motifs is 7. The van der Waals surface area contributed by atoms with Crippen molar-refractivity contribution in [2.75, 3.05) is 9.80 Å². The molecule has 6 heteroatoms. The van der Waals surface area contributed by atoms with Gasteiger partial charge >= 0.3 is 0 Å². The molecule has 6 aromatic carbocycles. The number of aromatic nitrogens is 1. The predicted molar refractivity (Wildman–Crippen MR) is 224 cm³/mol. The van der Waals surface area contributed by atoms with Crippen LogP contribution in [0.1, 0.15) is 0 Å². The van der Waals surface area contributed by atoms with E-state index in [9.17, 15) is 0 Å². The van der Waals surface area contributed by atoms with Crippen molar-refractivity contribution < 1.29 is 9.47 Å². The minimum absolute atomic E-state index is 0.0238. The van der Waals surface area contributed by atoms with Crippen LogP contribution in [0.15, 0.2) is 211 Å². The summed E-state index contributed by atoms with van der Waals surface area (Å²) in [5.41, 5.74) is 8.87. The Hall–Kier alpha value is -7.05. The molecule has 0 saturated heterocycles. The Kier molecular flexibility index (Phi) is 7.34. The summed E-state index contributed by atoms with van der Waals surface area (Å²) in [6.07, 6.45) is 13.2. The molecule has 2 aliphatic heterocycles. The molecular weight excluding hydrogens is 673 g/mol. The summed E-state index contributed by atoms with van der Waals surface area (Å²) in [5, 5.41) is 2.31. The Balaban J connectivity index is 1.16. The van der Waals surface area contributed by atoms with E-state index in [-0.39, 0.29) is 18.5 Å². The number of nitrogens with zero attached hydrogens (tertiary/aromatic N) is 3. The molecule has 0 saturated carbocycles. The second kappa shape index (κ2) is 12.8. The number of ether oxygens (including phenoxy) is 2. The van der Waals surface area contributed by atoms with Gasteiger partial charge in [-0.05, 0) is 77.0 Å². The summed E-state index contributed by atoms with van der Waals surface area (Å²) >= 11 is 0. The third-order valence-corrected chi connectivity index (χ3v) is 11.2. The number of benzene rings is 6. The monoisotopic (exact) mass is 707 g/mol. The molecule has 2 atom stereocenters. The summed E-state index contributed by atoms with van der Waals surface area (Å²) in [6, 6.07) is 55.0. The molecule has 3 heterocycles. The van der Waals surface area contributed by atoms with E-state index in [0.29, 0.717) is 0 Å². The fourth-order valence-corrected chi connectivity index (χ4v) is 8.96. The third kappa shape index (κ3) is 5.06. The molecule has 1 aromatic heterocycles. The van der Waals surface area contributed by atoms with Crippen molar-refractivity contribution in [2.24, 2.45) is 11.8 Å². The lowest BCUT2D eigenvalue weighted by Gasteiger charge is -2.44. The van der Waals surface area contributed by atoms with Crippen molar-refractivity contribution in [3.8, 4) is 17.2 Å². The van der Waals surface area contributed by atoms with E-state index in [2.05, 4.69) is 180 Å². The molecule has 0 bridgehead atoms. The highest BCUT2D eigenvalue weighted by molar-refractivity contribution is 6.95. The molecular formula is C49H34BN3O2. The lowest BCUT2D eigenvalue weighted by molar-refractivity contribution is 0.411. The van der Waals surface area contributed by atoms with Crippen LogP contribution in [0.3, 0.4) is 0 Å². The molecule has 4 aliphatic rings. The average Bonchev–Trinajstić information content (AvgIpc) is 3.25. The van der Waals surface area contributed by atoms with Gasteiger partial charge in [0.15, 0.2) is 0 Å². The molecule has 0 spiro atoms. The van der Waals surface area contributed by atoms with E-state index in [1.807, 2.05) is 24.4 Å². The zero-order chi connectivity index (χ0) is 36.3. The molecule has 55 heavy (non-hydrogen) atoms. The molecule has 0 fully saturated rings. The molecule has 5 nitrogen and oxygen atoms in total. The van der Waals surface area contributed by atoms with Crippen LogP contribution in [0.25, 0.3) is 10.8 Å². The van der Waals surface area contributed by atoms with Crippen molar-refractivity contribution in [2.45, 2.75) is 0 Å². The van der Waals surface area contributed by atoms with Crippen LogP contribution < -0.4 is 30.2 Å². The number of anilines is 5. The van der Waals surface area contributed by atoms with Crippen molar-refractivity contribution in [1.82, 2.24) is 4.98 Å².